The fourth-order valence-corrected chi connectivity index (χ4v) is 3.47. The molecule has 0 saturated carbocycles. The molecule has 0 bridgehead atoms. The molecule has 1 fully saturated rings. The monoisotopic (exact) mass is 320 g/mol. The maximum atomic E-state index is 12.1. The van der Waals surface area contributed by atoms with Crippen LogP contribution in [0.3, 0.4) is 0 Å². The van der Waals surface area contributed by atoms with Crippen LogP contribution in [0.15, 0.2) is 11.4 Å². The number of nitrogens with one attached hydrogen (secondary N) is 1. The van der Waals surface area contributed by atoms with Crippen LogP contribution in [0, 0.1) is 17.2 Å². The second-order valence-electron chi connectivity index (χ2n) is 5.83. The van der Waals surface area contributed by atoms with Gasteiger partial charge in [0.25, 0.3) is 5.91 Å². The summed E-state index contributed by atoms with van der Waals surface area (Å²) in [4.78, 5) is 17.5. The van der Waals surface area contributed by atoms with E-state index < -0.39 is 0 Å². The van der Waals surface area contributed by atoms with Gasteiger partial charge in [0, 0.05) is 39.3 Å². The summed E-state index contributed by atoms with van der Waals surface area (Å²) in [7, 11) is 0. The van der Waals surface area contributed by atoms with Gasteiger partial charge in [0.05, 0.1) is 5.56 Å². The quantitative estimate of drug-likeness (QED) is 0.865. The van der Waals surface area contributed by atoms with E-state index in [2.05, 4.69) is 35.0 Å². The van der Waals surface area contributed by atoms with Crippen LogP contribution in [-0.2, 0) is 0 Å². The van der Waals surface area contributed by atoms with E-state index in [1.54, 1.807) is 11.4 Å². The minimum atomic E-state index is -0.130. The van der Waals surface area contributed by atoms with Crippen LogP contribution in [0.2, 0.25) is 0 Å². The van der Waals surface area contributed by atoms with Crippen molar-refractivity contribution in [1.82, 2.24) is 15.1 Å². The number of piperazine rings is 1. The van der Waals surface area contributed by atoms with Gasteiger partial charge in [-0.25, -0.2) is 0 Å². The molecule has 0 radical (unpaired) electrons. The van der Waals surface area contributed by atoms with Gasteiger partial charge in [0.2, 0.25) is 0 Å². The smallest absolute Gasteiger partial charge is 0.262 e. The first-order chi connectivity index (χ1) is 10.6. The van der Waals surface area contributed by atoms with E-state index in [4.69, 9.17) is 5.26 Å². The van der Waals surface area contributed by atoms with E-state index >= 15 is 0 Å². The van der Waals surface area contributed by atoms with Gasteiger partial charge in [-0.2, -0.15) is 5.26 Å². The lowest BCUT2D eigenvalue weighted by Gasteiger charge is -2.35. The molecule has 2 heterocycles. The molecular formula is C16H24N4OS. The van der Waals surface area contributed by atoms with Crippen molar-refractivity contribution in [2.24, 2.45) is 5.92 Å². The average molecular weight is 320 g/mol. The molecule has 0 aromatic carbocycles. The van der Waals surface area contributed by atoms with E-state index in [9.17, 15) is 4.79 Å². The fraction of sp³-hybridized carbons (Fsp3) is 0.625. The van der Waals surface area contributed by atoms with Crippen LogP contribution in [0.25, 0.3) is 0 Å². The minimum Gasteiger partial charge on any atom is -0.351 e. The lowest BCUT2D eigenvalue weighted by molar-refractivity contribution is 0.0937. The molecule has 1 aliphatic heterocycles. The maximum absolute atomic E-state index is 12.1. The van der Waals surface area contributed by atoms with Gasteiger partial charge in [0.1, 0.15) is 10.9 Å². The number of nitriles is 1. The second-order valence-corrected chi connectivity index (χ2v) is 6.74. The number of rotatable bonds is 6. The Kier molecular flexibility index (Phi) is 6.37. The molecule has 0 aliphatic carbocycles. The minimum absolute atomic E-state index is 0.130. The average Bonchev–Trinajstić information content (AvgIpc) is 3.02. The first-order valence-electron chi connectivity index (χ1n) is 7.84. The fourth-order valence-electron chi connectivity index (χ4n) is 2.71. The summed E-state index contributed by atoms with van der Waals surface area (Å²) < 4.78 is 0. The molecule has 2 rings (SSSR count). The number of thiophene rings is 1. The highest BCUT2D eigenvalue weighted by molar-refractivity contribution is 7.12. The topological polar surface area (TPSA) is 59.4 Å². The van der Waals surface area contributed by atoms with Crippen molar-refractivity contribution < 1.29 is 4.79 Å². The van der Waals surface area contributed by atoms with Crippen molar-refractivity contribution in [2.45, 2.75) is 13.8 Å². The molecule has 1 amide bonds. The first kappa shape index (κ1) is 16.9. The van der Waals surface area contributed by atoms with Crippen LogP contribution >= 0.6 is 11.3 Å². The lowest BCUT2D eigenvalue weighted by atomic mass is 10.1. The normalized spacial score (nSPS) is 17.9. The SMILES string of the molecule is CCN1CCN(CC(C)CNC(=O)c2sccc2C#N)CC1. The summed E-state index contributed by atoms with van der Waals surface area (Å²) in [5.74, 6) is 0.275. The highest BCUT2D eigenvalue weighted by Gasteiger charge is 2.18. The second kappa shape index (κ2) is 8.28. The van der Waals surface area contributed by atoms with Crippen LogP contribution in [0.1, 0.15) is 29.1 Å². The zero-order valence-electron chi connectivity index (χ0n) is 13.3. The number of hydrogen-bond donors (Lipinski definition) is 1. The predicted molar refractivity (Wildman–Crippen MR) is 89.1 cm³/mol. The number of likely N-dealkylation sites (N-methyl/N-ethyl adjacent to an activating group) is 1. The number of amides is 1. The van der Waals surface area contributed by atoms with E-state index in [0.717, 1.165) is 39.3 Å². The highest BCUT2D eigenvalue weighted by atomic mass is 32.1. The Balaban J connectivity index is 1.73. The molecular weight excluding hydrogens is 296 g/mol. The third-order valence-electron chi connectivity index (χ3n) is 4.08. The van der Waals surface area contributed by atoms with Crippen molar-refractivity contribution in [3.63, 3.8) is 0 Å². The molecule has 1 aromatic rings. The van der Waals surface area contributed by atoms with Crippen LogP contribution < -0.4 is 5.32 Å². The van der Waals surface area contributed by atoms with Crippen molar-refractivity contribution in [2.75, 3.05) is 45.8 Å². The van der Waals surface area contributed by atoms with Gasteiger partial charge in [-0.15, -0.1) is 11.3 Å². The Bertz CT molecular complexity index is 528. The van der Waals surface area contributed by atoms with Crippen LogP contribution in [0.4, 0.5) is 0 Å². The third kappa shape index (κ3) is 4.54. The molecule has 6 heteroatoms. The van der Waals surface area contributed by atoms with E-state index in [-0.39, 0.29) is 5.91 Å². The molecule has 0 spiro atoms. The summed E-state index contributed by atoms with van der Waals surface area (Å²) in [5.41, 5.74) is 0.464. The largest absolute Gasteiger partial charge is 0.351 e. The molecule has 22 heavy (non-hydrogen) atoms. The number of nitrogens with zero attached hydrogens (tertiary/aromatic N) is 3. The molecule has 5 nitrogen and oxygen atoms in total. The van der Waals surface area contributed by atoms with Gasteiger partial charge >= 0.3 is 0 Å². The highest BCUT2D eigenvalue weighted by Crippen LogP contribution is 2.15. The molecule has 120 valence electrons. The first-order valence-corrected chi connectivity index (χ1v) is 8.72. The molecule has 1 atom stereocenters. The van der Waals surface area contributed by atoms with Crippen LogP contribution in [-0.4, -0.2) is 61.5 Å². The summed E-state index contributed by atoms with van der Waals surface area (Å²) in [6, 6.07) is 3.75. The van der Waals surface area contributed by atoms with Gasteiger partial charge in [-0.3, -0.25) is 4.79 Å². The van der Waals surface area contributed by atoms with Gasteiger partial charge in [-0.05, 0) is 23.9 Å². The zero-order valence-corrected chi connectivity index (χ0v) is 14.2. The summed E-state index contributed by atoms with van der Waals surface area (Å²) in [6.07, 6.45) is 0. The molecule has 1 aromatic heterocycles. The number of carbonyl (C=O) groups excluding carboxylic acids is 1. The lowest BCUT2D eigenvalue weighted by Crippen LogP contribution is -2.48. The summed E-state index contributed by atoms with van der Waals surface area (Å²) in [5, 5.41) is 13.7. The predicted octanol–water partition coefficient (Wildman–Crippen LogP) is 1.62. The molecule has 1 N–H and O–H groups in total. The van der Waals surface area contributed by atoms with Crippen molar-refractivity contribution in [3.05, 3.63) is 21.9 Å². The van der Waals surface area contributed by atoms with E-state index in [0.29, 0.717) is 22.9 Å². The van der Waals surface area contributed by atoms with Crippen LogP contribution in [0.5, 0.6) is 0 Å². The summed E-state index contributed by atoms with van der Waals surface area (Å²) >= 11 is 1.32. The van der Waals surface area contributed by atoms with Crippen molar-refractivity contribution in [3.8, 4) is 6.07 Å². The summed E-state index contributed by atoms with van der Waals surface area (Å²) in [6.45, 7) is 11.6. The molecule has 1 aliphatic rings. The number of hydrogen-bond acceptors (Lipinski definition) is 5. The Morgan fingerprint density at radius 2 is 2.09 bits per heavy atom. The van der Waals surface area contributed by atoms with Gasteiger partial charge in [0.15, 0.2) is 0 Å². The van der Waals surface area contributed by atoms with Crippen molar-refractivity contribution in [1.29, 1.82) is 5.26 Å². The standard InChI is InChI=1S/C16H24N4OS/c1-3-19-5-7-20(8-6-19)12-13(2)11-18-16(21)15-14(10-17)4-9-22-15/h4,9,13H,3,5-8,11-12H2,1-2H3,(H,18,21). The Morgan fingerprint density at radius 3 is 2.73 bits per heavy atom. The molecule has 1 unspecified atom stereocenters. The Hall–Kier alpha value is -1.42. The third-order valence-corrected chi connectivity index (χ3v) is 5.00. The Labute approximate surface area is 136 Å². The van der Waals surface area contributed by atoms with Crippen molar-refractivity contribution >= 4 is 17.2 Å². The molecule has 1 saturated heterocycles. The Morgan fingerprint density at radius 1 is 1.41 bits per heavy atom. The van der Waals surface area contributed by atoms with E-state index in [1.807, 2.05) is 0 Å². The van der Waals surface area contributed by atoms with E-state index in [1.165, 1.54) is 11.3 Å². The maximum Gasteiger partial charge on any atom is 0.262 e. The number of carbonyl (C=O) groups is 1. The van der Waals surface area contributed by atoms with Gasteiger partial charge in [-0.1, -0.05) is 13.8 Å². The zero-order chi connectivity index (χ0) is 15.9. The van der Waals surface area contributed by atoms with Gasteiger partial charge < -0.3 is 15.1 Å².